The number of anilines is 1. The number of thiazole rings is 1. The van der Waals surface area contributed by atoms with Crippen molar-refractivity contribution in [1.82, 2.24) is 19.7 Å². The smallest absolute Gasteiger partial charge is 0.410 e. The molecule has 0 unspecified atom stereocenters. The zero-order chi connectivity index (χ0) is 21.0. The summed E-state index contributed by atoms with van der Waals surface area (Å²) in [4.78, 5) is 25.1. The van der Waals surface area contributed by atoms with E-state index in [4.69, 9.17) is 10.5 Å². The molecule has 1 aromatic rings. The number of amides is 1. The number of carbonyl (C=O) groups excluding carboxylic acids is 1. The molecule has 0 spiro atoms. The summed E-state index contributed by atoms with van der Waals surface area (Å²) in [6.45, 7) is 14.6. The van der Waals surface area contributed by atoms with Crippen LogP contribution in [0.5, 0.6) is 0 Å². The Morgan fingerprint density at radius 3 is 2.66 bits per heavy atom. The van der Waals surface area contributed by atoms with Crippen LogP contribution in [0, 0.1) is 0 Å². The van der Waals surface area contributed by atoms with E-state index < -0.39 is 5.60 Å². The van der Waals surface area contributed by atoms with E-state index in [9.17, 15) is 4.79 Å². The molecule has 1 fully saturated rings. The van der Waals surface area contributed by atoms with Crippen molar-refractivity contribution in [2.45, 2.75) is 65.0 Å². The second-order valence-corrected chi connectivity index (χ2v) is 10.3. The minimum Gasteiger partial charge on any atom is -0.444 e. The molecule has 2 aliphatic rings. The topological polar surface area (TPSA) is 74.9 Å². The van der Waals surface area contributed by atoms with E-state index in [0.717, 1.165) is 58.7 Å². The van der Waals surface area contributed by atoms with Gasteiger partial charge in [0.2, 0.25) is 0 Å². The summed E-state index contributed by atoms with van der Waals surface area (Å²) in [6, 6.07) is 0.588. The summed E-state index contributed by atoms with van der Waals surface area (Å²) in [6.07, 6.45) is 4.27. The highest BCUT2D eigenvalue weighted by Gasteiger charge is 2.28. The summed E-state index contributed by atoms with van der Waals surface area (Å²) < 4.78 is 5.50. The van der Waals surface area contributed by atoms with Crippen molar-refractivity contribution in [3.63, 3.8) is 0 Å². The molecule has 0 aromatic carbocycles. The minimum absolute atomic E-state index is 0.188. The highest BCUT2D eigenvalue weighted by Crippen LogP contribution is 2.30. The lowest BCUT2D eigenvalue weighted by Gasteiger charge is -2.38. The molecule has 8 heteroatoms. The van der Waals surface area contributed by atoms with Gasteiger partial charge < -0.3 is 15.4 Å². The Bertz CT molecular complexity index is 679. The van der Waals surface area contributed by atoms with E-state index in [1.165, 1.54) is 23.4 Å². The lowest BCUT2D eigenvalue weighted by Crippen LogP contribution is -2.52. The molecule has 2 N–H and O–H groups in total. The monoisotopic (exact) mass is 423 g/mol. The summed E-state index contributed by atoms with van der Waals surface area (Å²) in [5, 5.41) is 0.709. The molecule has 1 aliphatic carbocycles. The van der Waals surface area contributed by atoms with Crippen molar-refractivity contribution in [2.24, 2.45) is 0 Å². The van der Waals surface area contributed by atoms with Crippen LogP contribution in [0.3, 0.4) is 0 Å². The number of rotatable bonds is 6. The Morgan fingerprint density at radius 1 is 1.28 bits per heavy atom. The Labute approximate surface area is 179 Å². The highest BCUT2D eigenvalue weighted by atomic mass is 32.1. The quantitative estimate of drug-likeness (QED) is 0.758. The first kappa shape index (κ1) is 22.3. The molecule has 0 bridgehead atoms. The molecule has 0 radical (unpaired) electrons. The Balaban J connectivity index is 1.46. The van der Waals surface area contributed by atoms with Crippen LogP contribution in [0.15, 0.2) is 0 Å². The predicted octanol–water partition coefficient (Wildman–Crippen LogP) is 2.85. The number of nitrogen functional groups attached to an aromatic ring is 1. The fourth-order valence-electron chi connectivity index (χ4n) is 4.20. The molecule has 1 atom stereocenters. The van der Waals surface area contributed by atoms with Gasteiger partial charge in [-0.25, -0.2) is 9.78 Å². The number of carbonyl (C=O) groups is 1. The van der Waals surface area contributed by atoms with Crippen molar-refractivity contribution in [2.75, 3.05) is 51.5 Å². The van der Waals surface area contributed by atoms with Gasteiger partial charge in [0, 0.05) is 50.2 Å². The van der Waals surface area contributed by atoms with Gasteiger partial charge in [0.25, 0.3) is 0 Å². The van der Waals surface area contributed by atoms with Crippen LogP contribution in [0.1, 0.15) is 51.1 Å². The van der Waals surface area contributed by atoms with Crippen molar-refractivity contribution in [3.05, 3.63) is 10.6 Å². The second-order valence-electron chi connectivity index (χ2n) is 9.16. The van der Waals surface area contributed by atoms with Crippen LogP contribution in [0.25, 0.3) is 0 Å². The first-order valence-electron chi connectivity index (χ1n) is 10.9. The Hall–Kier alpha value is -1.38. The number of aryl methyl sites for hydroxylation is 1. The van der Waals surface area contributed by atoms with E-state index in [1.807, 2.05) is 25.7 Å². The summed E-state index contributed by atoms with van der Waals surface area (Å²) in [7, 11) is 0. The van der Waals surface area contributed by atoms with Gasteiger partial charge in [0.1, 0.15) is 5.60 Å². The fourth-order valence-corrected chi connectivity index (χ4v) is 5.15. The van der Waals surface area contributed by atoms with Crippen LogP contribution in [-0.4, -0.2) is 83.2 Å². The number of fused-ring (bicyclic) bond motifs is 1. The summed E-state index contributed by atoms with van der Waals surface area (Å²) in [5.74, 6) is 0. The standard InChI is InChI=1S/C21H37N5O2S/c1-5-8-25(16-6-7-17-18(15-16)29-19(22)23-17)12-9-24-10-13-26(14-11-24)20(27)28-21(2,3)4/h16H,5-15H2,1-4H3,(H2,22,23)/t16-/m0/s1. The maximum Gasteiger partial charge on any atom is 0.410 e. The van der Waals surface area contributed by atoms with E-state index in [0.29, 0.717) is 11.2 Å². The average molecular weight is 424 g/mol. The Morgan fingerprint density at radius 2 is 2.00 bits per heavy atom. The molecule has 1 amide bonds. The molecule has 1 aliphatic heterocycles. The third kappa shape index (κ3) is 6.30. The lowest BCUT2D eigenvalue weighted by atomic mass is 9.96. The average Bonchev–Trinajstić information content (AvgIpc) is 3.03. The minimum atomic E-state index is -0.433. The fraction of sp³-hybridized carbons (Fsp3) is 0.810. The molecule has 164 valence electrons. The second kappa shape index (κ2) is 9.62. The molecule has 0 saturated carbocycles. The van der Waals surface area contributed by atoms with E-state index in [2.05, 4.69) is 21.7 Å². The largest absolute Gasteiger partial charge is 0.444 e. The van der Waals surface area contributed by atoms with Gasteiger partial charge in [-0.15, -0.1) is 11.3 Å². The maximum atomic E-state index is 12.2. The van der Waals surface area contributed by atoms with Crippen molar-refractivity contribution in [3.8, 4) is 0 Å². The van der Waals surface area contributed by atoms with Crippen molar-refractivity contribution in [1.29, 1.82) is 0 Å². The van der Waals surface area contributed by atoms with Crippen LogP contribution >= 0.6 is 11.3 Å². The van der Waals surface area contributed by atoms with Gasteiger partial charge >= 0.3 is 6.09 Å². The van der Waals surface area contributed by atoms with Crippen molar-refractivity contribution < 1.29 is 9.53 Å². The maximum absolute atomic E-state index is 12.2. The van der Waals surface area contributed by atoms with Crippen molar-refractivity contribution >= 4 is 22.6 Å². The van der Waals surface area contributed by atoms with Gasteiger partial charge in [0.05, 0.1) is 5.69 Å². The zero-order valence-corrected chi connectivity index (χ0v) is 19.3. The normalized spacial score (nSPS) is 20.7. The molecule has 29 heavy (non-hydrogen) atoms. The number of hydrogen-bond acceptors (Lipinski definition) is 7. The van der Waals surface area contributed by atoms with Gasteiger partial charge in [-0.2, -0.15) is 0 Å². The SMILES string of the molecule is CCCN(CCN1CCN(C(=O)OC(C)(C)C)CC1)[C@H]1CCc2nc(N)sc2C1. The molecule has 1 aromatic heterocycles. The number of aromatic nitrogens is 1. The first-order chi connectivity index (χ1) is 13.7. The molecular weight excluding hydrogens is 386 g/mol. The highest BCUT2D eigenvalue weighted by molar-refractivity contribution is 7.15. The molecule has 3 rings (SSSR count). The number of nitrogens with two attached hydrogens (primary N) is 1. The van der Waals surface area contributed by atoms with Crippen LogP contribution in [0.2, 0.25) is 0 Å². The first-order valence-corrected chi connectivity index (χ1v) is 11.7. The van der Waals surface area contributed by atoms with Crippen LogP contribution in [-0.2, 0) is 17.6 Å². The number of hydrogen-bond donors (Lipinski definition) is 1. The molecule has 1 saturated heterocycles. The van der Waals surface area contributed by atoms with Gasteiger partial charge in [-0.05, 0) is 53.0 Å². The van der Waals surface area contributed by atoms with Crippen LogP contribution < -0.4 is 5.73 Å². The zero-order valence-electron chi connectivity index (χ0n) is 18.4. The number of piperazine rings is 1. The lowest BCUT2D eigenvalue weighted by molar-refractivity contribution is 0.0134. The van der Waals surface area contributed by atoms with E-state index in [-0.39, 0.29) is 6.09 Å². The molecule has 7 nitrogen and oxygen atoms in total. The summed E-state index contributed by atoms with van der Waals surface area (Å²) >= 11 is 1.66. The van der Waals surface area contributed by atoms with Crippen LogP contribution in [0.4, 0.5) is 9.93 Å². The number of ether oxygens (including phenoxy) is 1. The number of nitrogens with zero attached hydrogens (tertiary/aromatic N) is 4. The third-order valence-corrected chi connectivity index (χ3v) is 6.63. The molecule has 2 heterocycles. The van der Waals surface area contributed by atoms with E-state index >= 15 is 0 Å². The van der Waals surface area contributed by atoms with E-state index in [1.54, 1.807) is 11.3 Å². The third-order valence-electron chi connectivity index (χ3n) is 5.68. The Kier molecular flexibility index (Phi) is 7.40. The van der Waals surface area contributed by atoms with Gasteiger partial charge in [-0.3, -0.25) is 9.80 Å². The molecular formula is C21H37N5O2S. The van der Waals surface area contributed by atoms with Gasteiger partial charge in [-0.1, -0.05) is 6.92 Å². The summed E-state index contributed by atoms with van der Waals surface area (Å²) in [5.41, 5.74) is 6.70. The predicted molar refractivity (Wildman–Crippen MR) is 118 cm³/mol. The van der Waals surface area contributed by atoms with Gasteiger partial charge in [0.15, 0.2) is 5.13 Å².